The number of allylic oxidation sites excluding steroid dienone is 1. The molecule has 0 bridgehead atoms. The van der Waals surface area contributed by atoms with Crippen molar-refractivity contribution in [2.45, 2.75) is 19.4 Å². The van der Waals surface area contributed by atoms with Crippen molar-refractivity contribution >= 4 is 0 Å². The molecule has 4 N–H and O–H groups in total. The van der Waals surface area contributed by atoms with Crippen LogP contribution in [-0.2, 0) is 0 Å². The summed E-state index contributed by atoms with van der Waals surface area (Å²) in [5.74, 6) is 0.375. The zero-order valence-electron chi connectivity index (χ0n) is 6.46. The number of hydrogen-bond acceptors (Lipinski definition) is 2. The van der Waals surface area contributed by atoms with Crippen molar-refractivity contribution in [1.29, 1.82) is 0 Å². The summed E-state index contributed by atoms with van der Waals surface area (Å²) in [6.07, 6.45) is 5.84. The fraction of sp³-hybridized carbons (Fsp3) is 0.500. The first kappa shape index (κ1) is 7.35. The van der Waals surface area contributed by atoms with Crippen LogP contribution < -0.4 is 11.5 Å². The molecule has 0 radical (unpaired) electrons. The first-order valence-electron chi connectivity index (χ1n) is 3.48. The van der Waals surface area contributed by atoms with Gasteiger partial charge in [0, 0.05) is 11.2 Å². The topological polar surface area (TPSA) is 52.0 Å². The molecule has 56 valence electrons. The molecule has 1 rings (SSSR count). The standard InChI is InChI=1S/C8H14N2/c1-6-3-4-7(9)5-8(6,2)10/h3-6H,9-10H2,1-2H3. The van der Waals surface area contributed by atoms with Gasteiger partial charge in [-0.2, -0.15) is 0 Å². The van der Waals surface area contributed by atoms with Crippen LogP contribution in [-0.4, -0.2) is 5.54 Å². The van der Waals surface area contributed by atoms with Crippen LogP contribution in [0.1, 0.15) is 13.8 Å². The zero-order valence-corrected chi connectivity index (χ0v) is 6.46. The summed E-state index contributed by atoms with van der Waals surface area (Å²) >= 11 is 0. The first-order valence-corrected chi connectivity index (χ1v) is 3.48. The molecule has 1 aliphatic rings. The molecule has 0 saturated carbocycles. The molecule has 0 fully saturated rings. The van der Waals surface area contributed by atoms with Gasteiger partial charge in [0.05, 0.1) is 0 Å². The molecule has 0 amide bonds. The van der Waals surface area contributed by atoms with E-state index >= 15 is 0 Å². The Bertz CT molecular complexity index is 189. The third kappa shape index (κ3) is 1.21. The normalized spacial score (nSPS) is 39.5. The summed E-state index contributed by atoms with van der Waals surface area (Å²) in [4.78, 5) is 0. The molecule has 0 heterocycles. The minimum Gasteiger partial charge on any atom is -0.399 e. The van der Waals surface area contributed by atoms with E-state index in [1.807, 2.05) is 25.2 Å². The number of hydrogen-bond donors (Lipinski definition) is 2. The fourth-order valence-electron chi connectivity index (χ4n) is 1.00. The van der Waals surface area contributed by atoms with E-state index in [0.717, 1.165) is 5.70 Å². The highest BCUT2D eigenvalue weighted by atomic mass is 14.7. The molecule has 2 unspecified atom stereocenters. The molecule has 2 nitrogen and oxygen atoms in total. The highest BCUT2D eigenvalue weighted by molar-refractivity contribution is 5.28. The van der Waals surface area contributed by atoms with E-state index in [0.29, 0.717) is 5.92 Å². The van der Waals surface area contributed by atoms with Gasteiger partial charge in [0.1, 0.15) is 0 Å². The van der Waals surface area contributed by atoms with E-state index in [4.69, 9.17) is 11.5 Å². The molecule has 0 aromatic rings. The van der Waals surface area contributed by atoms with Gasteiger partial charge in [0.15, 0.2) is 0 Å². The molecule has 2 atom stereocenters. The predicted molar refractivity (Wildman–Crippen MR) is 43.2 cm³/mol. The lowest BCUT2D eigenvalue weighted by atomic mass is 9.84. The van der Waals surface area contributed by atoms with Crippen LogP contribution in [0.5, 0.6) is 0 Å². The largest absolute Gasteiger partial charge is 0.399 e. The predicted octanol–water partition coefficient (Wildman–Crippen LogP) is 0.752. The van der Waals surface area contributed by atoms with Gasteiger partial charge in [-0.15, -0.1) is 0 Å². The number of nitrogens with two attached hydrogens (primary N) is 2. The second-order valence-corrected chi connectivity index (χ2v) is 3.16. The lowest BCUT2D eigenvalue weighted by Crippen LogP contribution is -2.42. The summed E-state index contributed by atoms with van der Waals surface area (Å²) in [5.41, 5.74) is 12.0. The van der Waals surface area contributed by atoms with Crippen LogP contribution in [0.25, 0.3) is 0 Å². The van der Waals surface area contributed by atoms with E-state index in [1.54, 1.807) is 0 Å². The van der Waals surface area contributed by atoms with E-state index in [2.05, 4.69) is 6.92 Å². The molecule has 10 heavy (non-hydrogen) atoms. The third-order valence-corrected chi connectivity index (χ3v) is 2.04. The maximum atomic E-state index is 5.90. The Morgan fingerprint density at radius 3 is 2.60 bits per heavy atom. The maximum absolute atomic E-state index is 5.90. The van der Waals surface area contributed by atoms with Crippen molar-refractivity contribution in [3.8, 4) is 0 Å². The smallest absolute Gasteiger partial charge is 0.0394 e. The SMILES string of the molecule is CC1C=CC(N)=CC1(C)N. The molecule has 0 spiro atoms. The van der Waals surface area contributed by atoms with Crippen molar-refractivity contribution < 1.29 is 0 Å². The Hall–Kier alpha value is -0.760. The second kappa shape index (κ2) is 2.13. The van der Waals surface area contributed by atoms with Crippen molar-refractivity contribution in [1.82, 2.24) is 0 Å². The van der Waals surface area contributed by atoms with Crippen LogP contribution in [0, 0.1) is 5.92 Å². The average molecular weight is 138 g/mol. The van der Waals surface area contributed by atoms with Gasteiger partial charge < -0.3 is 11.5 Å². The molecule has 0 aromatic carbocycles. The van der Waals surface area contributed by atoms with E-state index in [9.17, 15) is 0 Å². The van der Waals surface area contributed by atoms with E-state index in [1.165, 1.54) is 0 Å². The number of rotatable bonds is 0. The van der Waals surface area contributed by atoms with Crippen molar-refractivity contribution in [3.63, 3.8) is 0 Å². The Kier molecular flexibility index (Phi) is 1.57. The Morgan fingerprint density at radius 1 is 1.60 bits per heavy atom. The van der Waals surface area contributed by atoms with Crippen molar-refractivity contribution in [3.05, 3.63) is 23.9 Å². The molecule has 0 saturated heterocycles. The third-order valence-electron chi connectivity index (χ3n) is 2.04. The minimum atomic E-state index is -0.265. The van der Waals surface area contributed by atoms with Crippen molar-refractivity contribution in [2.75, 3.05) is 0 Å². The van der Waals surface area contributed by atoms with Gasteiger partial charge in [-0.1, -0.05) is 13.0 Å². The van der Waals surface area contributed by atoms with Crippen LogP contribution >= 0.6 is 0 Å². The first-order chi connectivity index (χ1) is 4.52. The zero-order chi connectivity index (χ0) is 7.78. The van der Waals surface area contributed by atoms with E-state index < -0.39 is 0 Å². The summed E-state index contributed by atoms with van der Waals surface area (Å²) < 4.78 is 0. The lowest BCUT2D eigenvalue weighted by molar-refractivity contribution is 0.452. The van der Waals surface area contributed by atoms with E-state index in [-0.39, 0.29) is 5.54 Å². The van der Waals surface area contributed by atoms with Crippen LogP contribution in [0.15, 0.2) is 23.9 Å². The fourth-order valence-corrected chi connectivity index (χ4v) is 1.00. The molecule has 2 heteroatoms. The highest BCUT2D eigenvalue weighted by Gasteiger charge is 2.24. The summed E-state index contributed by atoms with van der Waals surface area (Å²) in [6, 6.07) is 0. The molecular formula is C8H14N2. The van der Waals surface area contributed by atoms with Gasteiger partial charge >= 0.3 is 0 Å². The minimum absolute atomic E-state index is 0.265. The second-order valence-electron chi connectivity index (χ2n) is 3.16. The van der Waals surface area contributed by atoms with Crippen LogP contribution in [0.2, 0.25) is 0 Å². The Balaban J connectivity index is 2.88. The molecular weight excluding hydrogens is 124 g/mol. The average Bonchev–Trinajstić information content (AvgIpc) is 1.78. The quantitative estimate of drug-likeness (QED) is 0.519. The van der Waals surface area contributed by atoms with Crippen LogP contribution in [0.4, 0.5) is 0 Å². The van der Waals surface area contributed by atoms with Gasteiger partial charge in [0.2, 0.25) is 0 Å². The summed E-state index contributed by atoms with van der Waals surface area (Å²) in [5, 5.41) is 0. The highest BCUT2D eigenvalue weighted by Crippen LogP contribution is 2.21. The lowest BCUT2D eigenvalue weighted by Gasteiger charge is -2.29. The monoisotopic (exact) mass is 138 g/mol. The van der Waals surface area contributed by atoms with Gasteiger partial charge in [0.25, 0.3) is 0 Å². The Morgan fingerprint density at radius 2 is 2.20 bits per heavy atom. The maximum Gasteiger partial charge on any atom is 0.0394 e. The molecule has 0 aromatic heterocycles. The van der Waals surface area contributed by atoms with Gasteiger partial charge in [-0.05, 0) is 25.0 Å². The van der Waals surface area contributed by atoms with Gasteiger partial charge in [-0.3, -0.25) is 0 Å². The Labute approximate surface area is 61.6 Å². The molecule has 0 aliphatic heterocycles. The van der Waals surface area contributed by atoms with Gasteiger partial charge in [-0.25, -0.2) is 0 Å². The molecule has 1 aliphatic carbocycles. The van der Waals surface area contributed by atoms with Crippen molar-refractivity contribution in [2.24, 2.45) is 17.4 Å². The summed E-state index contributed by atoms with van der Waals surface area (Å²) in [7, 11) is 0. The van der Waals surface area contributed by atoms with Crippen LogP contribution in [0.3, 0.4) is 0 Å². The summed E-state index contributed by atoms with van der Waals surface area (Å²) in [6.45, 7) is 4.06.